The molecule has 43 heavy (non-hydrogen) atoms. The summed E-state index contributed by atoms with van der Waals surface area (Å²) in [5.41, 5.74) is 3.14. The quantitative estimate of drug-likeness (QED) is 0.213. The minimum atomic E-state index is -3.90. The fourth-order valence-electron chi connectivity index (χ4n) is 6.43. The normalized spacial score (nSPS) is 20.3. The highest BCUT2D eigenvalue weighted by molar-refractivity contribution is 7.92. The van der Waals surface area contributed by atoms with Crippen molar-refractivity contribution in [2.24, 2.45) is 10.6 Å². The van der Waals surface area contributed by atoms with Crippen LogP contribution in [0, 0.1) is 11.2 Å². The van der Waals surface area contributed by atoms with Crippen LogP contribution in [0.1, 0.15) is 50.7 Å². The van der Waals surface area contributed by atoms with Gasteiger partial charge < -0.3 is 10.1 Å². The van der Waals surface area contributed by atoms with Gasteiger partial charge in [0.05, 0.1) is 25.8 Å². The van der Waals surface area contributed by atoms with Crippen LogP contribution in [0.2, 0.25) is 5.02 Å². The van der Waals surface area contributed by atoms with Gasteiger partial charge in [0.15, 0.2) is 9.84 Å². The minimum Gasteiger partial charge on any atom is -0.410 e. The first kappa shape index (κ1) is 30.1. The van der Waals surface area contributed by atoms with Gasteiger partial charge in [-0.1, -0.05) is 42.7 Å². The summed E-state index contributed by atoms with van der Waals surface area (Å²) in [7, 11) is -7.50. The molecule has 12 heteroatoms. The third-order valence-electron chi connectivity index (χ3n) is 9.06. The van der Waals surface area contributed by atoms with Crippen molar-refractivity contribution in [1.29, 1.82) is 0 Å². The van der Waals surface area contributed by atoms with Gasteiger partial charge in [0.1, 0.15) is 11.5 Å². The Morgan fingerprint density at radius 3 is 2.00 bits per heavy atom. The number of halogens is 2. The SMILES string of the molecule is CC1(C)CCC(S(=O)(=O)c2ccc3c(c2)/C(=N\O)c2cc(S(=O)(=O)N4CCN(c5ccc(F)cc5Cl)CC4)ccc2-3)CC1. The molecule has 228 valence electrons. The maximum atomic E-state index is 13.7. The zero-order valence-electron chi connectivity index (χ0n) is 23.9. The van der Waals surface area contributed by atoms with E-state index in [0.29, 0.717) is 53.9 Å². The summed E-state index contributed by atoms with van der Waals surface area (Å²) < 4.78 is 69.3. The summed E-state index contributed by atoms with van der Waals surface area (Å²) in [6.07, 6.45) is 2.87. The number of fused-ring (bicyclic) bond motifs is 3. The second-order valence-electron chi connectivity index (χ2n) is 12.3. The average molecular weight is 646 g/mol. The lowest BCUT2D eigenvalue weighted by molar-refractivity contribution is 0.246. The van der Waals surface area contributed by atoms with Crippen LogP contribution in [0.5, 0.6) is 0 Å². The van der Waals surface area contributed by atoms with Crippen LogP contribution >= 0.6 is 11.6 Å². The Morgan fingerprint density at radius 2 is 1.42 bits per heavy atom. The molecule has 0 radical (unpaired) electrons. The van der Waals surface area contributed by atoms with Gasteiger partial charge in [-0.2, -0.15) is 4.31 Å². The highest BCUT2D eigenvalue weighted by atomic mass is 35.5. The van der Waals surface area contributed by atoms with Gasteiger partial charge in [0.25, 0.3) is 0 Å². The lowest BCUT2D eigenvalue weighted by atomic mass is 9.77. The molecule has 0 spiro atoms. The van der Waals surface area contributed by atoms with E-state index in [0.717, 1.165) is 12.8 Å². The van der Waals surface area contributed by atoms with E-state index in [4.69, 9.17) is 11.6 Å². The monoisotopic (exact) mass is 645 g/mol. The standard InChI is InChI=1S/C31H33ClFN3O5S2/c1-31(2)11-9-21(10-12-31)42(38,39)22-4-6-24-25-7-5-23(19-27(25)30(34-37)26(24)18-22)43(40,41)36-15-13-35(14-16-36)29-8-3-20(33)17-28(29)32/h3-8,17-19,21,37H,9-16H2,1-2H3/b34-30+. The van der Waals surface area contributed by atoms with Crippen LogP contribution in [-0.4, -0.2) is 63.5 Å². The molecule has 1 heterocycles. The fraction of sp³-hybridized carbons (Fsp3) is 0.387. The van der Waals surface area contributed by atoms with Gasteiger partial charge in [0, 0.05) is 37.3 Å². The third-order valence-corrected chi connectivity index (χ3v) is 13.5. The molecular weight excluding hydrogens is 613 g/mol. The van der Waals surface area contributed by atoms with E-state index in [2.05, 4.69) is 19.0 Å². The Morgan fingerprint density at radius 1 is 0.837 bits per heavy atom. The lowest BCUT2D eigenvalue weighted by Crippen LogP contribution is -2.48. The molecule has 1 saturated carbocycles. The molecule has 6 rings (SSSR count). The maximum Gasteiger partial charge on any atom is 0.243 e. The molecule has 3 aliphatic rings. The zero-order chi connectivity index (χ0) is 30.7. The minimum absolute atomic E-state index is 0.0473. The van der Waals surface area contributed by atoms with Crippen LogP contribution in [0.15, 0.2) is 69.5 Å². The largest absolute Gasteiger partial charge is 0.410 e. The lowest BCUT2D eigenvalue weighted by Gasteiger charge is -2.35. The highest BCUT2D eigenvalue weighted by Crippen LogP contribution is 2.42. The highest BCUT2D eigenvalue weighted by Gasteiger charge is 2.37. The van der Waals surface area contributed by atoms with Crippen molar-refractivity contribution in [2.75, 3.05) is 31.1 Å². The molecule has 0 atom stereocenters. The van der Waals surface area contributed by atoms with Crippen molar-refractivity contribution in [3.8, 4) is 11.1 Å². The third kappa shape index (κ3) is 5.34. The van der Waals surface area contributed by atoms with Gasteiger partial charge >= 0.3 is 0 Å². The molecule has 0 bridgehead atoms. The number of rotatable bonds is 5. The summed E-state index contributed by atoms with van der Waals surface area (Å²) in [5, 5.41) is 13.3. The van der Waals surface area contributed by atoms with E-state index in [1.54, 1.807) is 30.3 Å². The van der Waals surface area contributed by atoms with Gasteiger partial charge in [0.2, 0.25) is 10.0 Å². The topological polar surface area (TPSA) is 107 Å². The summed E-state index contributed by atoms with van der Waals surface area (Å²) in [4.78, 5) is 2.15. The first-order valence-electron chi connectivity index (χ1n) is 14.3. The Hall–Kier alpha value is -2.99. The number of sulfonamides is 1. The molecule has 2 fully saturated rings. The Balaban J connectivity index is 1.24. The van der Waals surface area contributed by atoms with Crippen LogP contribution < -0.4 is 4.90 Å². The predicted octanol–water partition coefficient (Wildman–Crippen LogP) is 5.94. The maximum absolute atomic E-state index is 13.7. The fourth-order valence-corrected chi connectivity index (χ4v) is 9.95. The van der Waals surface area contributed by atoms with Gasteiger partial charge in [-0.05, 0) is 84.7 Å². The second-order valence-corrected chi connectivity index (χ2v) is 16.8. The molecule has 3 aromatic carbocycles. The van der Waals surface area contributed by atoms with Gasteiger partial charge in [-0.3, -0.25) is 0 Å². The molecule has 1 aliphatic heterocycles. The summed E-state index contributed by atoms with van der Waals surface area (Å²) in [6.45, 7) is 5.47. The molecule has 8 nitrogen and oxygen atoms in total. The van der Waals surface area contributed by atoms with Crippen molar-refractivity contribution in [3.63, 3.8) is 0 Å². The number of hydrogen-bond donors (Lipinski definition) is 1. The Labute approximate surface area is 256 Å². The number of hydrogen-bond acceptors (Lipinski definition) is 7. The van der Waals surface area contributed by atoms with E-state index in [1.165, 1.54) is 28.6 Å². The first-order valence-corrected chi connectivity index (χ1v) is 17.6. The predicted molar refractivity (Wildman–Crippen MR) is 165 cm³/mol. The molecule has 0 unspecified atom stereocenters. The van der Waals surface area contributed by atoms with E-state index in [9.17, 15) is 26.4 Å². The molecular formula is C31H33ClFN3O5S2. The van der Waals surface area contributed by atoms with Crippen molar-refractivity contribution < 1.29 is 26.4 Å². The smallest absolute Gasteiger partial charge is 0.243 e. The Bertz CT molecular complexity index is 1840. The number of sulfone groups is 1. The van der Waals surface area contributed by atoms with E-state index < -0.39 is 30.9 Å². The Kier molecular flexibility index (Phi) is 7.60. The molecule has 0 aromatic heterocycles. The van der Waals surface area contributed by atoms with Crippen molar-refractivity contribution in [1.82, 2.24) is 4.31 Å². The van der Waals surface area contributed by atoms with Crippen LogP contribution in [0.4, 0.5) is 10.1 Å². The average Bonchev–Trinajstić information content (AvgIpc) is 3.29. The van der Waals surface area contributed by atoms with Gasteiger partial charge in [-0.25, -0.2) is 21.2 Å². The van der Waals surface area contributed by atoms with Crippen molar-refractivity contribution in [2.45, 2.75) is 54.6 Å². The summed E-state index contributed by atoms with van der Waals surface area (Å²) >= 11 is 6.21. The number of oxime groups is 1. The van der Waals surface area contributed by atoms with Crippen LogP contribution in [0.3, 0.4) is 0 Å². The number of benzene rings is 3. The molecule has 0 amide bonds. The number of piperazine rings is 1. The summed E-state index contributed by atoms with van der Waals surface area (Å²) in [6, 6.07) is 13.7. The van der Waals surface area contributed by atoms with E-state index >= 15 is 0 Å². The van der Waals surface area contributed by atoms with Crippen molar-refractivity contribution >= 4 is 42.9 Å². The zero-order valence-corrected chi connectivity index (χ0v) is 26.3. The summed E-state index contributed by atoms with van der Waals surface area (Å²) in [5.74, 6) is -0.439. The van der Waals surface area contributed by atoms with Crippen molar-refractivity contribution in [3.05, 3.63) is 76.6 Å². The molecule has 1 saturated heterocycles. The first-order chi connectivity index (χ1) is 20.3. The molecule has 2 aliphatic carbocycles. The number of anilines is 1. The van der Waals surface area contributed by atoms with Crippen LogP contribution in [0.25, 0.3) is 11.1 Å². The van der Waals surface area contributed by atoms with Gasteiger partial charge in [-0.15, -0.1) is 0 Å². The van der Waals surface area contributed by atoms with Crippen LogP contribution in [-0.2, 0) is 19.9 Å². The number of nitrogens with zero attached hydrogens (tertiary/aromatic N) is 3. The van der Waals surface area contributed by atoms with E-state index in [1.807, 2.05) is 4.90 Å². The van der Waals surface area contributed by atoms with E-state index in [-0.39, 0.29) is 39.0 Å². The second kappa shape index (κ2) is 10.9. The molecule has 3 aromatic rings. The molecule has 1 N–H and O–H groups in total.